The molecular formula is C12H18N2. The van der Waals surface area contributed by atoms with Gasteiger partial charge in [0.1, 0.15) is 0 Å². The fraction of sp³-hybridized carbons (Fsp3) is 0.500. The quantitative estimate of drug-likeness (QED) is 0.779. The van der Waals surface area contributed by atoms with Crippen LogP contribution in [0.4, 0.5) is 0 Å². The molecule has 0 saturated carbocycles. The van der Waals surface area contributed by atoms with E-state index in [0.29, 0.717) is 12.1 Å². The number of hydrogen-bond donors (Lipinski definition) is 1. The molecule has 0 radical (unpaired) electrons. The SMILES string of the molecule is CC(c1ccccc1)N(C)C1CNC1. The average Bonchev–Trinajstić information content (AvgIpc) is 2.15. The number of benzene rings is 1. The van der Waals surface area contributed by atoms with E-state index >= 15 is 0 Å². The minimum Gasteiger partial charge on any atom is -0.314 e. The molecule has 76 valence electrons. The molecule has 0 spiro atoms. The molecule has 1 heterocycles. The summed E-state index contributed by atoms with van der Waals surface area (Å²) in [6, 6.07) is 11.9. The number of hydrogen-bond acceptors (Lipinski definition) is 2. The van der Waals surface area contributed by atoms with Crippen LogP contribution in [0.3, 0.4) is 0 Å². The third-order valence-electron chi connectivity index (χ3n) is 3.23. The van der Waals surface area contributed by atoms with Crippen LogP contribution in [0.5, 0.6) is 0 Å². The molecule has 0 bridgehead atoms. The lowest BCUT2D eigenvalue weighted by Crippen LogP contribution is -2.56. The monoisotopic (exact) mass is 190 g/mol. The molecule has 1 atom stereocenters. The zero-order chi connectivity index (χ0) is 9.97. The van der Waals surface area contributed by atoms with Gasteiger partial charge in [0, 0.05) is 25.2 Å². The first-order valence-corrected chi connectivity index (χ1v) is 5.26. The molecule has 1 aliphatic rings. The highest BCUT2D eigenvalue weighted by atomic mass is 15.2. The van der Waals surface area contributed by atoms with Crippen molar-refractivity contribution in [1.82, 2.24) is 10.2 Å². The smallest absolute Gasteiger partial charge is 0.0348 e. The first kappa shape index (κ1) is 9.69. The van der Waals surface area contributed by atoms with Crippen LogP contribution >= 0.6 is 0 Å². The van der Waals surface area contributed by atoms with Gasteiger partial charge in [-0.1, -0.05) is 30.3 Å². The van der Waals surface area contributed by atoms with E-state index < -0.39 is 0 Å². The average molecular weight is 190 g/mol. The molecule has 1 unspecified atom stereocenters. The van der Waals surface area contributed by atoms with Crippen molar-refractivity contribution in [2.75, 3.05) is 20.1 Å². The molecular weight excluding hydrogens is 172 g/mol. The van der Waals surface area contributed by atoms with Gasteiger partial charge in [0.25, 0.3) is 0 Å². The van der Waals surface area contributed by atoms with Gasteiger partial charge in [-0.05, 0) is 19.5 Å². The van der Waals surface area contributed by atoms with Crippen molar-refractivity contribution in [3.63, 3.8) is 0 Å². The van der Waals surface area contributed by atoms with Gasteiger partial charge in [0.2, 0.25) is 0 Å². The van der Waals surface area contributed by atoms with Crippen molar-refractivity contribution in [1.29, 1.82) is 0 Å². The van der Waals surface area contributed by atoms with Crippen LogP contribution in [0.25, 0.3) is 0 Å². The van der Waals surface area contributed by atoms with Gasteiger partial charge >= 0.3 is 0 Å². The summed E-state index contributed by atoms with van der Waals surface area (Å²) in [5, 5.41) is 3.31. The maximum absolute atomic E-state index is 3.31. The summed E-state index contributed by atoms with van der Waals surface area (Å²) in [7, 11) is 2.21. The van der Waals surface area contributed by atoms with Crippen LogP contribution in [-0.4, -0.2) is 31.1 Å². The Morgan fingerprint density at radius 2 is 1.93 bits per heavy atom. The van der Waals surface area contributed by atoms with Gasteiger partial charge in [-0.15, -0.1) is 0 Å². The summed E-state index contributed by atoms with van der Waals surface area (Å²) in [6.45, 7) is 4.54. The number of nitrogens with one attached hydrogen (secondary N) is 1. The molecule has 0 aromatic heterocycles. The molecule has 2 heteroatoms. The van der Waals surface area contributed by atoms with Crippen molar-refractivity contribution in [3.05, 3.63) is 35.9 Å². The Kier molecular flexibility index (Phi) is 2.85. The molecule has 1 fully saturated rings. The highest BCUT2D eigenvalue weighted by molar-refractivity contribution is 5.18. The third-order valence-corrected chi connectivity index (χ3v) is 3.23. The molecule has 1 aromatic carbocycles. The van der Waals surface area contributed by atoms with Crippen molar-refractivity contribution >= 4 is 0 Å². The normalized spacial score (nSPS) is 19.4. The molecule has 0 amide bonds. The lowest BCUT2D eigenvalue weighted by atomic mass is 10.0. The second kappa shape index (κ2) is 4.11. The Labute approximate surface area is 85.9 Å². The Balaban J connectivity index is 2.03. The molecule has 0 aliphatic carbocycles. The maximum atomic E-state index is 3.31. The fourth-order valence-electron chi connectivity index (χ4n) is 1.84. The first-order valence-electron chi connectivity index (χ1n) is 5.26. The van der Waals surface area contributed by atoms with Crippen molar-refractivity contribution in [2.24, 2.45) is 0 Å². The van der Waals surface area contributed by atoms with E-state index in [-0.39, 0.29) is 0 Å². The standard InChI is InChI=1S/C12H18N2/c1-10(11-6-4-3-5-7-11)14(2)12-8-13-9-12/h3-7,10,12-13H,8-9H2,1-2H3. The minimum absolute atomic E-state index is 0.517. The lowest BCUT2D eigenvalue weighted by Gasteiger charge is -2.39. The summed E-state index contributed by atoms with van der Waals surface area (Å²) >= 11 is 0. The third kappa shape index (κ3) is 1.81. The number of likely N-dealkylation sites (N-methyl/N-ethyl adjacent to an activating group) is 1. The Morgan fingerprint density at radius 3 is 2.43 bits per heavy atom. The van der Waals surface area contributed by atoms with Gasteiger partial charge in [0.15, 0.2) is 0 Å². The predicted molar refractivity (Wildman–Crippen MR) is 59.3 cm³/mol. The Morgan fingerprint density at radius 1 is 1.29 bits per heavy atom. The predicted octanol–water partition coefficient (Wildman–Crippen LogP) is 1.65. The summed E-state index contributed by atoms with van der Waals surface area (Å²) in [4.78, 5) is 2.45. The van der Waals surface area contributed by atoms with E-state index in [2.05, 4.69) is 54.5 Å². The van der Waals surface area contributed by atoms with Crippen molar-refractivity contribution in [2.45, 2.75) is 19.0 Å². The van der Waals surface area contributed by atoms with Gasteiger partial charge in [-0.3, -0.25) is 4.90 Å². The summed E-state index contributed by atoms with van der Waals surface area (Å²) in [5.41, 5.74) is 1.40. The summed E-state index contributed by atoms with van der Waals surface area (Å²) in [5.74, 6) is 0. The highest BCUT2D eigenvalue weighted by Gasteiger charge is 2.25. The topological polar surface area (TPSA) is 15.3 Å². The summed E-state index contributed by atoms with van der Waals surface area (Å²) in [6.07, 6.45) is 0. The number of nitrogens with zero attached hydrogens (tertiary/aromatic N) is 1. The van der Waals surface area contributed by atoms with Crippen LogP contribution in [0.1, 0.15) is 18.5 Å². The molecule has 2 nitrogen and oxygen atoms in total. The van der Waals surface area contributed by atoms with Crippen LogP contribution in [0.2, 0.25) is 0 Å². The molecule has 1 saturated heterocycles. The van der Waals surface area contributed by atoms with E-state index in [4.69, 9.17) is 0 Å². The second-order valence-corrected chi connectivity index (χ2v) is 4.06. The fourth-order valence-corrected chi connectivity index (χ4v) is 1.84. The van der Waals surface area contributed by atoms with E-state index in [1.807, 2.05) is 0 Å². The van der Waals surface area contributed by atoms with Gasteiger partial charge < -0.3 is 5.32 Å². The Hall–Kier alpha value is -0.860. The molecule has 14 heavy (non-hydrogen) atoms. The van der Waals surface area contributed by atoms with E-state index in [1.165, 1.54) is 5.56 Å². The zero-order valence-electron chi connectivity index (χ0n) is 8.90. The van der Waals surface area contributed by atoms with E-state index in [9.17, 15) is 0 Å². The molecule has 1 N–H and O–H groups in total. The van der Waals surface area contributed by atoms with Gasteiger partial charge in [-0.2, -0.15) is 0 Å². The zero-order valence-corrected chi connectivity index (χ0v) is 8.90. The Bertz CT molecular complexity index is 280. The largest absolute Gasteiger partial charge is 0.314 e. The number of rotatable bonds is 3. The molecule has 1 aromatic rings. The van der Waals surface area contributed by atoms with Crippen LogP contribution in [0.15, 0.2) is 30.3 Å². The van der Waals surface area contributed by atoms with Gasteiger partial charge in [-0.25, -0.2) is 0 Å². The molecule has 1 aliphatic heterocycles. The lowest BCUT2D eigenvalue weighted by molar-refractivity contribution is 0.136. The van der Waals surface area contributed by atoms with E-state index in [1.54, 1.807) is 0 Å². The maximum Gasteiger partial charge on any atom is 0.0348 e. The van der Waals surface area contributed by atoms with Crippen LogP contribution in [0, 0.1) is 0 Å². The van der Waals surface area contributed by atoms with Gasteiger partial charge in [0.05, 0.1) is 0 Å². The summed E-state index contributed by atoms with van der Waals surface area (Å²) < 4.78 is 0. The second-order valence-electron chi connectivity index (χ2n) is 4.06. The van der Waals surface area contributed by atoms with E-state index in [0.717, 1.165) is 13.1 Å². The van der Waals surface area contributed by atoms with Crippen LogP contribution < -0.4 is 5.32 Å². The van der Waals surface area contributed by atoms with Crippen molar-refractivity contribution < 1.29 is 0 Å². The highest BCUT2D eigenvalue weighted by Crippen LogP contribution is 2.21. The first-order chi connectivity index (χ1) is 6.79. The van der Waals surface area contributed by atoms with Crippen molar-refractivity contribution in [3.8, 4) is 0 Å². The van der Waals surface area contributed by atoms with Crippen LogP contribution in [-0.2, 0) is 0 Å². The molecule has 2 rings (SSSR count). The minimum atomic E-state index is 0.517.